The fourth-order valence-electron chi connectivity index (χ4n) is 7.08. The molecule has 44 heavy (non-hydrogen) atoms. The molecule has 4 heterocycles. The maximum atomic E-state index is 13.6. The summed E-state index contributed by atoms with van der Waals surface area (Å²) in [4.78, 5) is 37.5. The number of nitriles is 1. The third-order valence-electron chi connectivity index (χ3n) is 9.38. The largest absolute Gasteiger partial charge is 0.367 e. The van der Waals surface area contributed by atoms with Gasteiger partial charge in [-0.15, -0.1) is 0 Å². The molecule has 2 saturated heterocycles. The number of benzene rings is 2. The van der Waals surface area contributed by atoms with Gasteiger partial charge in [0.05, 0.1) is 30.8 Å². The molecule has 2 fully saturated rings. The van der Waals surface area contributed by atoms with E-state index in [1.54, 1.807) is 4.90 Å². The molecule has 3 aromatic rings. The van der Waals surface area contributed by atoms with Crippen molar-refractivity contribution in [2.45, 2.75) is 45.2 Å². The van der Waals surface area contributed by atoms with Gasteiger partial charge in [0.2, 0.25) is 5.91 Å². The zero-order valence-corrected chi connectivity index (χ0v) is 25.5. The number of hydrogen-bond donors (Lipinski definition) is 2. The van der Waals surface area contributed by atoms with Gasteiger partial charge in [0.25, 0.3) is 5.91 Å². The molecule has 0 unspecified atom stereocenters. The van der Waals surface area contributed by atoms with Gasteiger partial charge in [-0.3, -0.25) is 9.59 Å². The van der Waals surface area contributed by atoms with E-state index in [1.165, 1.54) is 28.1 Å². The minimum absolute atomic E-state index is 0.153. The Labute approximate surface area is 259 Å². The second-order valence-corrected chi connectivity index (χ2v) is 12.2. The maximum Gasteiger partial charge on any atom is 0.269 e. The standard InChI is InChI=1S/C35H41N7O2/c1-3-33(43)42-18-17-41(22-27(42)12-14-36)32-19-29(35(44)38-21-25-8-6-15-37-20-25)39-30-23-40(16-13-28(30)32)31-11-5-10-26-9-4-7-24(2)34(26)31/h3-5,7,9-11,19,25,27,37H,1,6,8,12-13,15-18,20-23H2,2H3,(H,38,44)/t25-,27+/m1/s1. The Morgan fingerprint density at radius 2 is 2.00 bits per heavy atom. The van der Waals surface area contributed by atoms with Crippen LogP contribution < -0.4 is 20.4 Å². The highest BCUT2D eigenvalue weighted by Crippen LogP contribution is 2.36. The average molecular weight is 592 g/mol. The van der Waals surface area contributed by atoms with Gasteiger partial charge in [-0.1, -0.05) is 36.9 Å². The summed E-state index contributed by atoms with van der Waals surface area (Å²) in [6.45, 7) is 11.4. The molecule has 0 aliphatic carbocycles. The van der Waals surface area contributed by atoms with Crippen LogP contribution in [0.15, 0.2) is 55.1 Å². The Kier molecular flexibility index (Phi) is 8.80. The molecule has 2 atom stereocenters. The molecular formula is C35H41N7O2. The van der Waals surface area contributed by atoms with Crippen molar-refractivity contribution in [3.05, 3.63) is 77.6 Å². The van der Waals surface area contributed by atoms with Crippen LogP contribution in [0.25, 0.3) is 10.8 Å². The Hall–Kier alpha value is -4.42. The zero-order chi connectivity index (χ0) is 30.6. The normalized spacial score (nSPS) is 20.1. The predicted molar refractivity (Wildman–Crippen MR) is 174 cm³/mol. The number of nitrogens with one attached hydrogen (secondary N) is 2. The number of amides is 2. The minimum Gasteiger partial charge on any atom is -0.367 e. The van der Waals surface area contributed by atoms with Crippen LogP contribution in [-0.4, -0.2) is 73.6 Å². The van der Waals surface area contributed by atoms with Crippen molar-refractivity contribution in [3.8, 4) is 6.07 Å². The van der Waals surface area contributed by atoms with Crippen molar-refractivity contribution in [2.75, 3.05) is 55.6 Å². The van der Waals surface area contributed by atoms with Gasteiger partial charge in [0, 0.05) is 55.0 Å². The Morgan fingerprint density at radius 1 is 1.16 bits per heavy atom. The molecule has 228 valence electrons. The first-order valence-electron chi connectivity index (χ1n) is 15.8. The predicted octanol–water partition coefficient (Wildman–Crippen LogP) is 3.95. The van der Waals surface area contributed by atoms with Crippen LogP contribution in [0.4, 0.5) is 11.4 Å². The number of nitrogens with zero attached hydrogens (tertiary/aromatic N) is 5. The monoisotopic (exact) mass is 591 g/mol. The second-order valence-electron chi connectivity index (χ2n) is 12.2. The van der Waals surface area contributed by atoms with Crippen molar-refractivity contribution in [2.24, 2.45) is 5.92 Å². The van der Waals surface area contributed by atoms with Crippen LogP contribution in [0.3, 0.4) is 0 Å². The Morgan fingerprint density at radius 3 is 2.77 bits per heavy atom. The molecule has 0 spiro atoms. The molecule has 0 bridgehead atoms. The number of pyridine rings is 1. The Bertz CT molecular complexity index is 1600. The Balaban J connectivity index is 1.34. The first kappa shape index (κ1) is 29.6. The highest BCUT2D eigenvalue weighted by atomic mass is 16.2. The van der Waals surface area contributed by atoms with E-state index in [4.69, 9.17) is 4.98 Å². The van der Waals surface area contributed by atoms with E-state index in [2.05, 4.69) is 76.4 Å². The molecule has 1 aromatic heterocycles. The fraction of sp³-hybridized carbons (Fsp3) is 0.429. The van der Waals surface area contributed by atoms with E-state index in [0.29, 0.717) is 44.3 Å². The lowest BCUT2D eigenvalue weighted by Crippen LogP contribution is -2.55. The number of hydrogen-bond acceptors (Lipinski definition) is 7. The molecule has 6 rings (SSSR count). The van der Waals surface area contributed by atoms with Gasteiger partial charge in [-0.05, 0) is 74.4 Å². The SMILES string of the molecule is C=CC(=O)N1CCN(c2cc(C(=O)NC[C@@H]3CCCNC3)nc3c2CCN(c2cccc4cccc(C)c24)C3)C[C@@H]1CC#N. The summed E-state index contributed by atoms with van der Waals surface area (Å²) < 4.78 is 0. The number of aromatic nitrogens is 1. The number of carbonyl (C=O) groups excluding carboxylic acids is 2. The van der Waals surface area contributed by atoms with Gasteiger partial charge < -0.3 is 25.3 Å². The van der Waals surface area contributed by atoms with Crippen molar-refractivity contribution in [3.63, 3.8) is 0 Å². The average Bonchev–Trinajstić information content (AvgIpc) is 3.06. The smallest absolute Gasteiger partial charge is 0.269 e. The van der Waals surface area contributed by atoms with Gasteiger partial charge in [0.15, 0.2) is 0 Å². The summed E-state index contributed by atoms with van der Waals surface area (Å²) >= 11 is 0. The first-order valence-corrected chi connectivity index (χ1v) is 15.8. The molecular weight excluding hydrogens is 550 g/mol. The van der Waals surface area contributed by atoms with E-state index < -0.39 is 0 Å². The van der Waals surface area contributed by atoms with Gasteiger partial charge >= 0.3 is 0 Å². The summed E-state index contributed by atoms with van der Waals surface area (Å²) in [6, 6.07) is 16.8. The van der Waals surface area contributed by atoms with Crippen LogP contribution in [0.1, 0.15) is 46.6 Å². The molecule has 3 aliphatic rings. The topological polar surface area (TPSA) is 105 Å². The highest BCUT2D eigenvalue weighted by Gasteiger charge is 2.33. The van der Waals surface area contributed by atoms with Crippen molar-refractivity contribution in [1.29, 1.82) is 5.26 Å². The van der Waals surface area contributed by atoms with Crippen molar-refractivity contribution >= 4 is 34.0 Å². The van der Waals surface area contributed by atoms with E-state index in [-0.39, 0.29) is 24.3 Å². The molecule has 9 heteroatoms. The molecule has 2 amide bonds. The van der Waals surface area contributed by atoms with Crippen molar-refractivity contribution < 1.29 is 9.59 Å². The number of piperidine rings is 1. The van der Waals surface area contributed by atoms with E-state index >= 15 is 0 Å². The van der Waals surface area contributed by atoms with Gasteiger partial charge in [-0.2, -0.15) is 5.26 Å². The van der Waals surface area contributed by atoms with E-state index in [9.17, 15) is 14.9 Å². The zero-order valence-electron chi connectivity index (χ0n) is 25.5. The molecule has 0 saturated carbocycles. The third-order valence-corrected chi connectivity index (χ3v) is 9.38. The van der Waals surface area contributed by atoms with Crippen LogP contribution in [-0.2, 0) is 17.8 Å². The summed E-state index contributed by atoms with van der Waals surface area (Å²) in [5.41, 5.74) is 5.87. The lowest BCUT2D eigenvalue weighted by molar-refractivity contribution is -0.128. The lowest BCUT2D eigenvalue weighted by Gasteiger charge is -2.43. The number of rotatable bonds is 7. The molecule has 3 aliphatic heterocycles. The molecule has 9 nitrogen and oxygen atoms in total. The first-order chi connectivity index (χ1) is 21.5. The fourth-order valence-corrected chi connectivity index (χ4v) is 7.08. The third kappa shape index (κ3) is 6.00. The molecule has 0 radical (unpaired) electrons. The quantitative estimate of drug-likeness (QED) is 0.401. The van der Waals surface area contributed by atoms with E-state index in [1.807, 2.05) is 6.07 Å². The summed E-state index contributed by atoms with van der Waals surface area (Å²) in [7, 11) is 0. The highest BCUT2D eigenvalue weighted by molar-refractivity contribution is 5.97. The second kappa shape index (κ2) is 13.1. The maximum absolute atomic E-state index is 13.6. The number of fused-ring (bicyclic) bond motifs is 2. The van der Waals surface area contributed by atoms with E-state index in [0.717, 1.165) is 55.8 Å². The number of aryl methyl sites for hydroxylation is 1. The number of piperazine rings is 1. The van der Waals surface area contributed by atoms with Crippen LogP contribution in [0, 0.1) is 24.2 Å². The van der Waals surface area contributed by atoms with Crippen LogP contribution >= 0.6 is 0 Å². The van der Waals surface area contributed by atoms with Crippen LogP contribution in [0.5, 0.6) is 0 Å². The van der Waals surface area contributed by atoms with Gasteiger partial charge in [-0.25, -0.2) is 4.98 Å². The van der Waals surface area contributed by atoms with Crippen LogP contribution in [0.2, 0.25) is 0 Å². The summed E-state index contributed by atoms with van der Waals surface area (Å²) in [5.74, 6) is 0.101. The number of carbonyl (C=O) groups is 2. The summed E-state index contributed by atoms with van der Waals surface area (Å²) in [5, 5.41) is 18.6. The summed E-state index contributed by atoms with van der Waals surface area (Å²) in [6.07, 6.45) is 4.56. The molecule has 2 aromatic carbocycles. The van der Waals surface area contributed by atoms with Gasteiger partial charge in [0.1, 0.15) is 5.69 Å². The minimum atomic E-state index is -0.252. The number of anilines is 2. The lowest BCUT2D eigenvalue weighted by atomic mass is 9.97. The van der Waals surface area contributed by atoms with Crippen molar-refractivity contribution in [1.82, 2.24) is 20.5 Å². The molecule has 2 N–H and O–H groups in total.